The third-order valence-corrected chi connectivity index (χ3v) is 2.90. The van der Waals surface area contributed by atoms with E-state index in [-0.39, 0.29) is 5.91 Å². The third-order valence-electron chi connectivity index (χ3n) is 2.90. The van der Waals surface area contributed by atoms with E-state index in [4.69, 9.17) is 10.6 Å². The Morgan fingerprint density at radius 2 is 2.33 bits per heavy atom. The molecular formula is C13H19N3O2. The van der Waals surface area contributed by atoms with Crippen molar-refractivity contribution in [1.29, 1.82) is 0 Å². The average molecular weight is 249 g/mol. The lowest BCUT2D eigenvalue weighted by Gasteiger charge is -2.29. The first-order valence-electron chi connectivity index (χ1n) is 6.30. The molecule has 18 heavy (non-hydrogen) atoms. The molecule has 0 unspecified atom stereocenters. The summed E-state index contributed by atoms with van der Waals surface area (Å²) in [5, 5.41) is 4.55. The number of benzene rings is 1. The van der Waals surface area contributed by atoms with E-state index in [1.807, 2.05) is 6.92 Å². The van der Waals surface area contributed by atoms with Crippen LogP contribution in [0.25, 0.3) is 0 Å². The quantitative estimate of drug-likeness (QED) is 0.798. The summed E-state index contributed by atoms with van der Waals surface area (Å²) in [4.78, 5) is 17.3. The number of nitrogens with zero attached hydrogens (tertiary/aromatic N) is 1. The van der Waals surface area contributed by atoms with Gasteiger partial charge < -0.3 is 11.1 Å². The maximum absolute atomic E-state index is 11.8. The predicted molar refractivity (Wildman–Crippen MR) is 71.4 cm³/mol. The van der Waals surface area contributed by atoms with E-state index in [1.165, 1.54) is 0 Å². The van der Waals surface area contributed by atoms with Crippen LogP contribution in [0.3, 0.4) is 0 Å². The van der Waals surface area contributed by atoms with Crippen LogP contribution < -0.4 is 16.1 Å². The molecule has 1 aromatic carbocycles. The van der Waals surface area contributed by atoms with Crippen LogP contribution in [0.5, 0.6) is 0 Å². The number of nitrogen functional groups attached to an aromatic ring is 1. The van der Waals surface area contributed by atoms with Crippen LogP contribution in [0, 0.1) is 0 Å². The summed E-state index contributed by atoms with van der Waals surface area (Å²) < 4.78 is 0. The lowest BCUT2D eigenvalue weighted by Crippen LogP contribution is -2.31. The van der Waals surface area contributed by atoms with Crippen molar-refractivity contribution >= 4 is 17.3 Å². The predicted octanol–water partition coefficient (Wildman–Crippen LogP) is 1.55. The van der Waals surface area contributed by atoms with Gasteiger partial charge in [0, 0.05) is 18.7 Å². The molecule has 98 valence electrons. The molecule has 0 aromatic heterocycles. The second kappa shape index (κ2) is 5.73. The fourth-order valence-electron chi connectivity index (χ4n) is 1.95. The van der Waals surface area contributed by atoms with E-state index in [9.17, 15) is 4.79 Å². The smallest absolute Gasteiger partial charge is 0.251 e. The minimum Gasteiger partial charge on any atom is -0.397 e. The minimum absolute atomic E-state index is 0.0873. The summed E-state index contributed by atoms with van der Waals surface area (Å²) in [6, 6.07) is 5.26. The Bertz CT molecular complexity index is 428. The molecule has 1 aliphatic rings. The number of rotatable bonds is 3. The minimum atomic E-state index is -0.0873. The number of hydrogen-bond donors (Lipinski definition) is 2. The molecule has 1 aromatic rings. The van der Waals surface area contributed by atoms with Gasteiger partial charge in [-0.15, -0.1) is 0 Å². The summed E-state index contributed by atoms with van der Waals surface area (Å²) >= 11 is 0. The fraction of sp³-hybridized carbons (Fsp3) is 0.462. The number of hydroxylamine groups is 1. The van der Waals surface area contributed by atoms with Gasteiger partial charge in [-0.3, -0.25) is 14.7 Å². The van der Waals surface area contributed by atoms with Crippen LogP contribution in [-0.4, -0.2) is 25.6 Å². The van der Waals surface area contributed by atoms with Gasteiger partial charge in [0.2, 0.25) is 0 Å². The van der Waals surface area contributed by atoms with Crippen LogP contribution in [-0.2, 0) is 4.84 Å². The summed E-state index contributed by atoms with van der Waals surface area (Å²) in [7, 11) is 0. The topological polar surface area (TPSA) is 67.6 Å². The van der Waals surface area contributed by atoms with E-state index in [0.29, 0.717) is 24.4 Å². The second-order valence-electron chi connectivity index (χ2n) is 4.28. The van der Waals surface area contributed by atoms with Crippen LogP contribution in [0.1, 0.15) is 30.1 Å². The number of nitrogens with two attached hydrogens (primary N) is 1. The van der Waals surface area contributed by atoms with E-state index < -0.39 is 0 Å². The Labute approximate surface area is 107 Å². The Balaban J connectivity index is 2.23. The molecule has 1 amide bonds. The van der Waals surface area contributed by atoms with Crippen molar-refractivity contribution in [2.24, 2.45) is 0 Å². The summed E-state index contributed by atoms with van der Waals surface area (Å²) in [6.45, 7) is 4.01. The highest BCUT2D eigenvalue weighted by Crippen LogP contribution is 2.27. The van der Waals surface area contributed by atoms with Crippen molar-refractivity contribution in [3.05, 3.63) is 23.8 Å². The summed E-state index contributed by atoms with van der Waals surface area (Å²) in [5.74, 6) is -0.0873. The first-order chi connectivity index (χ1) is 8.72. The van der Waals surface area contributed by atoms with Crippen LogP contribution in [0.2, 0.25) is 0 Å². The first-order valence-corrected chi connectivity index (χ1v) is 6.30. The average Bonchev–Trinajstić information content (AvgIpc) is 2.40. The van der Waals surface area contributed by atoms with Gasteiger partial charge in [-0.2, -0.15) is 0 Å². The molecule has 1 fully saturated rings. The molecule has 0 radical (unpaired) electrons. The van der Waals surface area contributed by atoms with Gasteiger partial charge in [-0.25, -0.2) is 0 Å². The maximum Gasteiger partial charge on any atom is 0.251 e. The largest absolute Gasteiger partial charge is 0.397 e. The van der Waals surface area contributed by atoms with Crippen LogP contribution >= 0.6 is 0 Å². The first kappa shape index (κ1) is 12.7. The lowest BCUT2D eigenvalue weighted by atomic mass is 10.1. The lowest BCUT2D eigenvalue weighted by molar-refractivity contribution is 0.0780. The molecule has 1 aliphatic heterocycles. The van der Waals surface area contributed by atoms with Gasteiger partial charge in [0.1, 0.15) is 0 Å². The van der Waals surface area contributed by atoms with E-state index in [0.717, 1.165) is 25.1 Å². The number of nitrogens with one attached hydrogen (secondary N) is 1. The van der Waals surface area contributed by atoms with Crippen molar-refractivity contribution in [2.75, 3.05) is 30.5 Å². The van der Waals surface area contributed by atoms with Crippen molar-refractivity contribution in [2.45, 2.75) is 19.8 Å². The zero-order valence-corrected chi connectivity index (χ0v) is 10.6. The Morgan fingerprint density at radius 1 is 1.50 bits per heavy atom. The summed E-state index contributed by atoms with van der Waals surface area (Å²) in [6.07, 6.45) is 2.14. The number of carbonyl (C=O) groups excluding carboxylic acids is 1. The van der Waals surface area contributed by atoms with E-state index in [2.05, 4.69) is 5.32 Å². The normalized spacial score (nSPS) is 15.5. The molecule has 1 saturated heterocycles. The standard InChI is InChI=1S/C13H19N3O2/c1-2-15-13(17)10-5-6-11(14)12(9-10)16-7-3-4-8-18-16/h5-6,9H,2-4,7-8,14H2,1H3,(H,15,17). The highest BCUT2D eigenvalue weighted by atomic mass is 16.7. The van der Waals surface area contributed by atoms with Crippen molar-refractivity contribution in [3.63, 3.8) is 0 Å². The van der Waals surface area contributed by atoms with Gasteiger partial charge >= 0.3 is 0 Å². The number of carbonyl (C=O) groups is 1. The number of anilines is 2. The van der Waals surface area contributed by atoms with Gasteiger partial charge in [0.25, 0.3) is 5.91 Å². The highest BCUT2D eigenvalue weighted by Gasteiger charge is 2.16. The maximum atomic E-state index is 11.8. The molecule has 2 rings (SSSR count). The number of hydrogen-bond acceptors (Lipinski definition) is 4. The summed E-state index contributed by atoms with van der Waals surface area (Å²) in [5.41, 5.74) is 7.95. The molecule has 5 nitrogen and oxygen atoms in total. The molecule has 0 bridgehead atoms. The molecule has 0 atom stereocenters. The molecule has 5 heteroatoms. The van der Waals surface area contributed by atoms with Crippen LogP contribution in [0.4, 0.5) is 11.4 Å². The van der Waals surface area contributed by atoms with E-state index in [1.54, 1.807) is 23.3 Å². The third kappa shape index (κ3) is 2.73. The molecule has 1 heterocycles. The van der Waals surface area contributed by atoms with Gasteiger partial charge in [-0.05, 0) is 38.0 Å². The van der Waals surface area contributed by atoms with Crippen LogP contribution in [0.15, 0.2) is 18.2 Å². The van der Waals surface area contributed by atoms with Gasteiger partial charge in [0.05, 0.1) is 18.0 Å². The van der Waals surface area contributed by atoms with Crippen molar-refractivity contribution < 1.29 is 9.63 Å². The fourth-order valence-corrected chi connectivity index (χ4v) is 1.95. The molecular weight excluding hydrogens is 230 g/mol. The Kier molecular flexibility index (Phi) is 4.04. The van der Waals surface area contributed by atoms with E-state index >= 15 is 0 Å². The zero-order chi connectivity index (χ0) is 13.0. The molecule has 3 N–H and O–H groups in total. The molecule has 0 spiro atoms. The number of amides is 1. The highest BCUT2D eigenvalue weighted by molar-refractivity contribution is 5.96. The van der Waals surface area contributed by atoms with Crippen molar-refractivity contribution in [1.82, 2.24) is 5.32 Å². The Morgan fingerprint density at radius 3 is 3.00 bits per heavy atom. The van der Waals surface area contributed by atoms with Crippen molar-refractivity contribution in [3.8, 4) is 0 Å². The Hall–Kier alpha value is -1.75. The molecule has 0 aliphatic carbocycles. The second-order valence-corrected chi connectivity index (χ2v) is 4.28. The van der Waals surface area contributed by atoms with Gasteiger partial charge in [0.15, 0.2) is 0 Å². The monoisotopic (exact) mass is 249 g/mol. The zero-order valence-electron chi connectivity index (χ0n) is 10.6. The molecule has 0 saturated carbocycles. The van der Waals surface area contributed by atoms with Gasteiger partial charge in [-0.1, -0.05) is 0 Å². The SMILES string of the molecule is CCNC(=O)c1ccc(N)c(N2CCCCO2)c1.